The van der Waals surface area contributed by atoms with Crippen LogP contribution in [0.2, 0.25) is 5.02 Å². The molecule has 1 atom stereocenters. The molecule has 168 valence electrons. The van der Waals surface area contributed by atoms with Crippen LogP contribution in [0, 0.1) is 11.6 Å². The summed E-state index contributed by atoms with van der Waals surface area (Å²) in [5.41, 5.74) is -0.416. The number of aromatic nitrogens is 1. The van der Waals surface area contributed by atoms with E-state index < -0.39 is 35.1 Å². The SMILES string of the molecule is CCOc1ccc(Cl)c(/C(O)=C2\C(=O)C(=O)N(c3ccc(F)cc3F)C2c2ccccn2)c1. The first-order valence-corrected chi connectivity index (χ1v) is 10.3. The lowest BCUT2D eigenvalue weighted by Gasteiger charge is -2.25. The summed E-state index contributed by atoms with van der Waals surface area (Å²) in [5, 5.41) is 11.3. The second-order valence-corrected chi connectivity index (χ2v) is 7.50. The lowest BCUT2D eigenvalue weighted by atomic mass is 9.98. The molecule has 0 aliphatic carbocycles. The molecule has 1 aliphatic rings. The first kappa shape index (κ1) is 22.4. The van der Waals surface area contributed by atoms with Crippen molar-refractivity contribution in [3.63, 3.8) is 0 Å². The zero-order valence-electron chi connectivity index (χ0n) is 17.3. The van der Waals surface area contributed by atoms with E-state index in [1.807, 2.05) is 0 Å². The quantitative estimate of drug-likeness (QED) is 0.321. The molecule has 4 rings (SSSR count). The van der Waals surface area contributed by atoms with Crippen molar-refractivity contribution in [2.45, 2.75) is 13.0 Å². The van der Waals surface area contributed by atoms with Crippen molar-refractivity contribution in [1.29, 1.82) is 0 Å². The smallest absolute Gasteiger partial charge is 0.300 e. The molecule has 33 heavy (non-hydrogen) atoms. The molecule has 1 aromatic heterocycles. The number of aliphatic hydroxyl groups excluding tert-OH is 1. The molecular weight excluding hydrogens is 454 g/mol. The molecule has 9 heteroatoms. The number of halogens is 3. The Kier molecular flexibility index (Phi) is 6.11. The van der Waals surface area contributed by atoms with Crippen LogP contribution in [0.5, 0.6) is 5.75 Å². The van der Waals surface area contributed by atoms with Gasteiger partial charge in [-0.2, -0.15) is 0 Å². The van der Waals surface area contributed by atoms with Gasteiger partial charge in [-0.25, -0.2) is 8.78 Å². The Balaban J connectivity index is 1.96. The summed E-state index contributed by atoms with van der Waals surface area (Å²) >= 11 is 6.27. The number of hydrogen-bond donors (Lipinski definition) is 1. The van der Waals surface area contributed by atoms with E-state index in [4.69, 9.17) is 16.3 Å². The molecule has 0 bridgehead atoms. The number of hydrogen-bond acceptors (Lipinski definition) is 5. The Morgan fingerprint density at radius 3 is 2.61 bits per heavy atom. The molecule has 1 aliphatic heterocycles. The number of aliphatic hydroxyl groups is 1. The third kappa shape index (κ3) is 4.05. The summed E-state index contributed by atoms with van der Waals surface area (Å²) in [7, 11) is 0. The third-order valence-electron chi connectivity index (χ3n) is 5.09. The Bertz CT molecular complexity index is 1280. The molecule has 0 spiro atoms. The highest BCUT2D eigenvalue weighted by Crippen LogP contribution is 2.43. The van der Waals surface area contributed by atoms with E-state index in [1.165, 1.54) is 24.4 Å². The van der Waals surface area contributed by atoms with Crippen LogP contribution in [0.25, 0.3) is 5.76 Å². The first-order chi connectivity index (χ1) is 15.8. The summed E-state index contributed by atoms with van der Waals surface area (Å²) in [5.74, 6) is -4.24. The van der Waals surface area contributed by atoms with Gasteiger partial charge in [-0.1, -0.05) is 17.7 Å². The number of pyridine rings is 1. The lowest BCUT2D eigenvalue weighted by Crippen LogP contribution is -2.30. The second kappa shape index (κ2) is 8.99. The molecule has 1 saturated heterocycles. The second-order valence-electron chi connectivity index (χ2n) is 7.09. The average molecular weight is 471 g/mol. The summed E-state index contributed by atoms with van der Waals surface area (Å²) in [6.07, 6.45) is 1.43. The molecule has 0 radical (unpaired) electrons. The zero-order chi connectivity index (χ0) is 23.7. The van der Waals surface area contributed by atoms with Crippen molar-refractivity contribution in [1.82, 2.24) is 4.98 Å². The van der Waals surface area contributed by atoms with Crippen molar-refractivity contribution >= 4 is 34.7 Å². The van der Waals surface area contributed by atoms with Gasteiger partial charge in [0.25, 0.3) is 11.7 Å². The topological polar surface area (TPSA) is 79.7 Å². The largest absolute Gasteiger partial charge is 0.507 e. The highest BCUT2D eigenvalue weighted by molar-refractivity contribution is 6.52. The summed E-state index contributed by atoms with van der Waals surface area (Å²) in [4.78, 5) is 31.1. The molecule has 1 unspecified atom stereocenters. The van der Waals surface area contributed by atoms with Crippen molar-refractivity contribution in [2.24, 2.45) is 0 Å². The van der Waals surface area contributed by atoms with E-state index in [2.05, 4.69) is 4.98 Å². The Morgan fingerprint density at radius 1 is 1.15 bits per heavy atom. The molecule has 6 nitrogen and oxygen atoms in total. The van der Waals surface area contributed by atoms with Gasteiger partial charge < -0.3 is 9.84 Å². The number of carbonyl (C=O) groups is 2. The number of ketones is 1. The van der Waals surface area contributed by atoms with Crippen molar-refractivity contribution in [3.05, 3.63) is 94.3 Å². The Hall–Kier alpha value is -3.78. The summed E-state index contributed by atoms with van der Waals surface area (Å²) in [6.45, 7) is 2.13. The van der Waals surface area contributed by atoms with E-state index in [0.29, 0.717) is 18.4 Å². The van der Waals surface area contributed by atoms with E-state index in [0.717, 1.165) is 17.0 Å². The van der Waals surface area contributed by atoms with Crippen LogP contribution < -0.4 is 9.64 Å². The van der Waals surface area contributed by atoms with Crippen LogP contribution in [0.3, 0.4) is 0 Å². The summed E-state index contributed by atoms with van der Waals surface area (Å²) < 4.78 is 33.6. The molecule has 2 aromatic carbocycles. The third-order valence-corrected chi connectivity index (χ3v) is 5.42. The fraction of sp³-hybridized carbons (Fsp3) is 0.125. The minimum Gasteiger partial charge on any atom is -0.507 e. The van der Waals surface area contributed by atoms with Crippen molar-refractivity contribution in [2.75, 3.05) is 11.5 Å². The van der Waals surface area contributed by atoms with Crippen LogP contribution in [-0.4, -0.2) is 28.4 Å². The number of Topliss-reactive ketones (excluding diaryl/α,β-unsaturated/α-hetero) is 1. The molecule has 1 N–H and O–H groups in total. The molecule has 1 amide bonds. The molecular formula is C24H17ClF2N2O4. The minimum absolute atomic E-state index is 0.0566. The van der Waals surface area contributed by atoms with Crippen LogP contribution in [-0.2, 0) is 9.59 Å². The predicted molar refractivity (Wildman–Crippen MR) is 118 cm³/mol. The van der Waals surface area contributed by atoms with Crippen molar-refractivity contribution in [3.8, 4) is 5.75 Å². The van der Waals surface area contributed by atoms with Gasteiger partial charge in [0.2, 0.25) is 0 Å². The zero-order valence-corrected chi connectivity index (χ0v) is 18.0. The van der Waals surface area contributed by atoms with E-state index in [9.17, 15) is 23.5 Å². The number of anilines is 1. The normalized spacial score (nSPS) is 17.5. The van der Waals surface area contributed by atoms with Gasteiger partial charge in [0.15, 0.2) is 0 Å². The van der Waals surface area contributed by atoms with E-state index in [1.54, 1.807) is 25.1 Å². The average Bonchev–Trinajstić information content (AvgIpc) is 3.06. The van der Waals surface area contributed by atoms with Crippen LogP contribution >= 0.6 is 11.6 Å². The van der Waals surface area contributed by atoms with E-state index in [-0.39, 0.29) is 27.5 Å². The van der Waals surface area contributed by atoms with Gasteiger partial charge in [-0.05, 0) is 49.4 Å². The van der Waals surface area contributed by atoms with Gasteiger partial charge in [0.05, 0.1) is 28.6 Å². The minimum atomic E-state index is -1.28. The monoisotopic (exact) mass is 470 g/mol. The first-order valence-electron chi connectivity index (χ1n) is 9.93. The highest BCUT2D eigenvalue weighted by atomic mass is 35.5. The molecule has 3 aromatic rings. The van der Waals surface area contributed by atoms with Crippen LogP contribution in [0.4, 0.5) is 14.5 Å². The number of ether oxygens (including phenoxy) is 1. The van der Waals surface area contributed by atoms with Crippen LogP contribution in [0.1, 0.15) is 24.2 Å². The maximum absolute atomic E-state index is 14.7. The van der Waals surface area contributed by atoms with Crippen LogP contribution in [0.15, 0.2) is 66.4 Å². The van der Waals surface area contributed by atoms with Gasteiger partial charge in [0, 0.05) is 17.8 Å². The molecule has 0 saturated carbocycles. The highest BCUT2D eigenvalue weighted by Gasteiger charge is 2.48. The van der Waals surface area contributed by atoms with Gasteiger partial charge in [-0.3, -0.25) is 19.5 Å². The van der Waals surface area contributed by atoms with Crippen molar-refractivity contribution < 1.29 is 28.2 Å². The Labute approximate surface area is 192 Å². The van der Waals surface area contributed by atoms with Gasteiger partial charge in [-0.15, -0.1) is 0 Å². The summed E-state index contributed by atoms with van der Waals surface area (Å²) in [6, 6.07) is 10.6. The fourth-order valence-electron chi connectivity index (χ4n) is 3.66. The number of carbonyl (C=O) groups excluding carboxylic acids is 2. The maximum Gasteiger partial charge on any atom is 0.300 e. The lowest BCUT2D eigenvalue weighted by molar-refractivity contribution is -0.132. The molecule has 1 fully saturated rings. The number of amides is 1. The maximum atomic E-state index is 14.7. The predicted octanol–water partition coefficient (Wildman–Crippen LogP) is 5.04. The number of nitrogens with zero attached hydrogens (tertiary/aromatic N) is 2. The number of rotatable bonds is 5. The van der Waals surface area contributed by atoms with Gasteiger partial charge in [0.1, 0.15) is 29.2 Å². The van der Waals surface area contributed by atoms with E-state index >= 15 is 0 Å². The molecule has 2 heterocycles. The standard InChI is InChI=1S/C24H17ClF2N2O4/c1-2-33-14-7-8-16(25)15(12-14)22(30)20-21(18-5-3-4-10-28-18)29(24(32)23(20)31)19-9-6-13(26)11-17(19)27/h3-12,21,30H,2H2,1H3/b22-20+. The van der Waals surface area contributed by atoms with Gasteiger partial charge >= 0.3 is 0 Å². The number of benzene rings is 2. The fourth-order valence-corrected chi connectivity index (χ4v) is 3.87. The Morgan fingerprint density at radius 2 is 1.94 bits per heavy atom.